The van der Waals surface area contributed by atoms with Crippen LogP contribution in [0.4, 0.5) is 5.13 Å². The highest BCUT2D eigenvalue weighted by molar-refractivity contribution is 7.14. The zero-order valence-corrected chi connectivity index (χ0v) is 17.6. The lowest BCUT2D eigenvalue weighted by atomic mass is 10.1. The van der Waals surface area contributed by atoms with Crippen molar-refractivity contribution in [3.05, 3.63) is 65.5 Å². The molecule has 0 spiro atoms. The van der Waals surface area contributed by atoms with E-state index in [0.29, 0.717) is 27.9 Å². The van der Waals surface area contributed by atoms with Crippen molar-refractivity contribution in [1.82, 2.24) is 4.98 Å². The standard InChI is InChI=1S/C23H20N2O4S/c1-27-19-11-10-17(20(28-2)21(19)29-3)22(26)25-23-24-18(13-30-23)16-9-8-14-6-4-5-7-15(14)12-16/h4-13H,1-3H3,(H,24,25,26). The third-order valence-electron chi connectivity index (χ3n) is 4.72. The highest BCUT2D eigenvalue weighted by Crippen LogP contribution is 2.40. The van der Waals surface area contributed by atoms with E-state index < -0.39 is 0 Å². The van der Waals surface area contributed by atoms with Crippen molar-refractivity contribution in [2.45, 2.75) is 0 Å². The number of ether oxygens (including phenoxy) is 3. The summed E-state index contributed by atoms with van der Waals surface area (Å²) in [6.45, 7) is 0. The van der Waals surface area contributed by atoms with Crippen LogP contribution in [0.3, 0.4) is 0 Å². The van der Waals surface area contributed by atoms with E-state index in [1.54, 1.807) is 12.1 Å². The summed E-state index contributed by atoms with van der Waals surface area (Å²) >= 11 is 1.36. The van der Waals surface area contributed by atoms with E-state index in [-0.39, 0.29) is 5.91 Å². The van der Waals surface area contributed by atoms with Gasteiger partial charge in [-0.1, -0.05) is 36.4 Å². The second kappa shape index (κ2) is 8.42. The summed E-state index contributed by atoms with van der Waals surface area (Å²) in [7, 11) is 4.51. The number of hydrogen-bond donors (Lipinski definition) is 1. The van der Waals surface area contributed by atoms with Crippen molar-refractivity contribution in [3.63, 3.8) is 0 Å². The minimum atomic E-state index is -0.341. The molecule has 0 aliphatic carbocycles. The molecule has 1 amide bonds. The molecule has 3 aromatic carbocycles. The number of nitrogens with one attached hydrogen (secondary N) is 1. The van der Waals surface area contributed by atoms with Crippen LogP contribution < -0.4 is 19.5 Å². The van der Waals surface area contributed by atoms with E-state index >= 15 is 0 Å². The van der Waals surface area contributed by atoms with Gasteiger partial charge in [-0.2, -0.15) is 0 Å². The zero-order valence-electron chi connectivity index (χ0n) is 16.8. The van der Waals surface area contributed by atoms with Gasteiger partial charge in [-0.3, -0.25) is 10.1 Å². The maximum Gasteiger partial charge on any atom is 0.261 e. The highest BCUT2D eigenvalue weighted by atomic mass is 32.1. The third-order valence-corrected chi connectivity index (χ3v) is 5.48. The van der Waals surface area contributed by atoms with Gasteiger partial charge >= 0.3 is 0 Å². The molecule has 1 N–H and O–H groups in total. The number of nitrogens with zero attached hydrogens (tertiary/aromatic N) is 1. The summed E-state index contributed by atoms with van der Waals surface area (Å²) in [5.74, 6) is 0.815. The monoisotopic (exact) mass is 420 g/mol. The molecule has 1 heterocycles. The van der Waals surface area contributed by atoms with Crippen LogP contribution >= 0.6 is 11.3 Å². The summed E-state index contributed by atoms with van der Waals surface area (Å²) < 4.78 is 16.0. The van der Waals surface area contributed by atoms with Crippen LogP contribution in [-0.4, -0.2) is 32.2 Å². The van der Waals surface area contributed by atoms with Gasteiger partial charge in [-0.05, 0) is 29.0 Å². The minimum absolute atomic E-state index is 0.306. The molecule has 0 fully saturated rings. The summed E-state index contributed by atoms with van der Waals surface area (Å²) in [6.07, 6.45) is 0. The fourth-order valence-electron chi connectivity index (χ4n) is 3.26. The number of benzene rings is 3. The Morgan fingerprint density at radius 3 is 2.40 bits per heavy atom. The lowest BCUT2D eigenvalue weighted by Gasteiger charge is -2.15. The van der Waals surface area contributed by atoms with Crippen LogP contribution in [0.25, 0.3) is 22.0 Å². The summed E-state index contributed by atoms with van der Waals surface area (Å²) in [6, 6.07) is 17.6. The Balaban J connectivity index is 1.60. The smallest absolute Gasteiger partial charge is 0.261 e. The number of aromatic nitrogens is 1. The average molecular weight is 420 g/mol. The van der Waals surface area contributed by atoms with Crippen molar-refractivity contribution < 1.29 is 19.0 Å². The van der Waals surface area contributed by atoms with Crippen LogP contribution in [0, 0.1) is 0 Å². The predicted octanol–water partition coefficient (Wildman–Crippen LogP) is 5.24. The molecule has 0 saturated carbocycles. The van der Waals surface area contributed by atoms with Crippen molar-refractivity contribution in [2.75, 3.05) is 26.6 Å². The van der Waals surface area contributed by atoms with E-state index in [2.05, 4.69) is 34.6 Å². The molecule has 4 rings (SSSR count). The summed E-state index contributed by atoms with van der Waals surface area (Å²) in [5, 5.41) is 7.58. The molecule has 0 aliphatic heterocycles. The largest absolute Gasteiger partial charge is 0.493 e. The molecule has 1 aromatic heterocycles. The molecule has 0 unspecified atom stereocenters. The van der Waals surface area contributed by atoms with Crippen LogP contribution in [0.5, 0.6) is 17.2 Å². The number of carbonyl (C=O) groups excluding carboxylic acids is 1. The van der Waals surface area contributed by atoms with Gasteiger partial charge in [-0.25, -0.2) is 4.98 Å². The quantitative estimate of drug-likeness (QED) is 0.462. The zero-order chi connectivity index (χ0) is 21.1. The molecule has 0 atom stereocenters. The van der Waals surface area contributed by atoms with Crippen LogP contribution in [0.1, 0.15) is 10.4 Å². The second-order valence-electron chi connectivity index (χ2n) is 6.44. The van der Waals surface area contributed by atoms with Crippen molar-refractivity contribution in [3.8, 4) is 28.5 Å². The fourth-order valence-corrected chi connectivity index (χ4v) is 3.97. The van der Waals surface area contributed by atoms with Gasteiger partial charge in [0.2, 0.25) is 5.75 Å². The first-order valence-electron chi connectivity index (χ1n) is 9.19. The maximum atomic E-state index is 12.9. The predicted molar refractivity (Wildman–Crippen MR) is 119 cm³/mol. The van der Waals surface area contributed by atoms with Crippen LogP contribution in [0.2, 0.25) is 0 Å². The first kappa shape index (κ1) is 19.7. The molecule has 4 aromatic rings. The van der Waals surface area contributed by atoms with Gasteiger partial charge in [0.25, 0.3) is 5.91 Å². The number of carbonyl (C=O) groups is 1. The summed E-state index contributed by atoms with van der Waals surface area (Å²) in [5.41, 5.74) is 2.13. The SMILES string of the molecule is COc1ccc(C(=O)Nc2nc(-c3ccc4ccccc4c3)cs2)c(OC)c1OC. The van der Waals surface area contributed by atoms with E-state index in [0.717, 1.165) is 16.6 Å². The van der Waals surface area contributed by atoms with Gasteiger partial charge in [0, 0.05) is 10.9 Å². The molecular formula is C23H20N2O4S. The van der Waals surface area contributed by atoms with E-state index in [9.17, 15) is 4.79 Å². The lowest BCUT2D eigenvalue weighted by molar-refractivity contribution is 0.102. The number of thiazole rings is 1. The van der Waals surface area contributed by atoms with Gasteiger partial charge in [0.1, 0.15) is 0 Å². The molecule has 0 aliphatic rings. The van der Waals surface area contributed by atoms with Crippen LogP contribution in [0.15, 0.2) is 60.0 Å². The number of fused-ring (bicyclic) bond motifs is 1. The number of hydrogen-bond acceptors (Lipinski definition) is 6. The molecule has 0 saturated heterocycles. The van der Waals surface area contributed by atoms with E-state index in [4.69, 9.17) is 14.2 Å². The summed E-state index contributed by atoms with van der Waals surface area (Å²) in [4.78, 5) is 17.4. The van der Waals surface area contributed by atoms with Crippen LogP contribution in [-0.2, 0) is 0 Å². The number of anilines is 1. The molecular weight excluding hydrogens is 400 g/mol. The number of amides is 1. The lowest BCUT2D eigenvalue weighted by Crippen LogP contribution is -2.13. The van der Waals surface area contributed by atoms with Crippen molar-refractivity contribution in [1.29, 1.82) is 0 Å². The topological polar surface area (TPSA) is 69.7 Å². The third kappa shape index (κ3) is 3.67. The normalized spacial score (nSPS) is 10.6. The molecule has 7 heteroatoms. The van der Waals surface area contributed by atoms with Crippen molar-refractivity contribution in [2.24, 2.45) is 0 Å². The van der Waals surface area contributed by atoms with Gasteiger partial charge in [0.05, 0.1) is 32.6 Å². The molecule has 30 heavy (non-hydrogen) atoms. The second-order valence-corrected chi connectivity index (χ2v) is 7.29. The Labute approximate surface area is 178 Å². The Hall–Kier alpha value is -3.58. The molecule has 0 bridgehead atoms. The van der Waals surface area contributed by atoms with E-state index in [1.807, 2.05) is 23.6 Å². The Morgan fingerprint density at radius 1 is 0.900 bits per heavy atom. The molecule has 6 nitrogen and oxygen atoms in total. The first-order chi connectivity index (χ1) is 14.6. The average Bonchev–Trinajstić information content (AvgIpc) is 3.25. The first-order valence-corrected chi connectivity index (χ1v) is 10.1. The molecule has 152 valence electrons. The fraction of sp³-hybridized carbons (Fsp3) is 0.130. The maximum absolute atomic E-state index is 12.9. The number of methoxy groups -OCH3 is 3. The van der Waals surface area contributed by atoms with Gasteiger partial charge in [0.15, 0.2) is 16.6 Å². The highest BCUT2D eigenvalue weighted by Gasteiger charge is 2.21. The van der Waals surface area contributed by atoms with Gasteiger partial charge in [-0.15, -0.1) is 11.3 Å². The Kier molecular flexibility index (Phi) is 5.54. The number of rotatable bonds is 6. The van der Waals surface area contributed by atoms with Crippen molar-refractivity contribution >= 4 is 33.1 Å². The minimum Gasteiger partial charge on any atom is -0.493 e. The molecule has 0 radical (unpaired) electrons. The Morgan fingerprint density at radius 2 is 1.67 bits per heavy atom. The van der Waals surface area contributed by atoms with Gasteiger partial charge < -0.3 is 14.2 Å². The van der Waals surface area contributed by atoms with E-state index in [1.165, 1.54) is 38.1 Å². The Bertz CT molecular complexity index is 1220.